The van der Waals surface area contributed by atoms with Crippen LogP contribution in [0.1, 0.15) is 26.2 Å². The molecule has 2 fully saturated rings. The van der Waals surface area contributed by atoms with E-state index in [1.165, 1.54) is 12.1 Å². The summed E-state index contributed by atoms with van der Waals surface area (Å²) in [4.78, 5) is 12.3. The Morgan fingerprint density at radius 3 is 2.71 bits per heavy atom. The molecule has 2 aliphatic rings. The van der Waals surface area contributed by atoms with Crippen molar-refractivity contribution in [2.24, 2.45) is 4.99 Å². The summed E-state index contributed by atoms with van der Waals surface area (Å²) in [5.74, 6) is 1.09. The largest absolute Gasteiger partial charge is 0.379 e. The Labute approximate surface area is 170 Å². The molecule has 0 aliphatic carbocycles. The van der Waals surface area contributed by atoms with Crippen LogP contribution in [0.15, 0.2) is 35.3 Å². The van der Waals surface area contributed by atoms with Gasteiger partial charge in [-0.05, 0) is 38.3 Å². The van der Waals surface area contributed by atoms with E-state index in [0.29, 0.717) is 6.04 Å². The molecule has 1 unspecified atom stereocenters. The summed E-state index contributed by atoms with van der Waals surface area (Å²) in [6.07, 6.45) is 3.50. The lowest BCUT2D eigenvalue weighted by Gasteiger charge is -2.32. The van der Waals surface area contributed by atoms with Crippen LogP contribution in [-0.4, -0.2) is 87.9 Å². The van der Waals surface area contributed by atoms with Crippen molar-refractivity contribution >= 4 is 11.6 Å². The van der Waals surface area contributed by atoms with Gasteiger partial charge in [-0.15, -0.1) is 0 Å². The van der Waals surface area contributed by atoms with Crippen molar-refractivity contribution in [1.82, 2.24) is 15.1 Å². The molecule has 0 amide bonds. The fourth-order valence-corrected chi connectivity index (χ4v) is 4.06. The van der Waals surface area contributed by atoms with Crippen LogP contribution in [0.25, 0.3) is 0 Å². The van der Waals surface area contributed by atoms with Gasteiger partial charge < -0.3 is 19.9 Å². The summed E-state index contributed by atoms with van der Waals surface area (Å²) < 4.78 is 5.50. The number of hydrogen-bond acceptors (Lipinski definition) is 4. The average Bonchev–Trinajstić information content (AvgIpc) is 3.24. The van der Waals surface area contributed by atoms with Gasteiger partial charge in [0.15, 0.2) is 5.96 Å². The highest BCUT2D eigenvalue weighted by Gasteiger charge is 2.30. The lowest BCUT2D eigenvalue weighted by molar-refractivity contribution is 0.0195. The molecule has 3 rings (SSSR count). The number of aliphatic imine (C=N–C) groups is 1. The number of anilines is 1. The topological polar surface area (TPSA) is 43.3 Å². The molecule has 2 saturated heterocycles. The quantitative estimate of drug-likeness (QED) is 0.421. The maximum absolute atomic E-state index is 5.50. The van der Waals surface area contributed by atoms with Crippen molar-refractivity contribution < 1.29 is 4.74 Å². The standard InChI is InChI=1S/C22H37N5O/c1-3-23-22(27-14-11-21(19-27)26-15-17-28-18-16-26)24-12-7-8-13-25(2)20-9-5-4-6-10-20/h4-6,9-10,21H,3,7-8,11-19H2,1-2H3,(H,23,24). The predicted octanol–water partition coefficient (Wildman–Crippen LogP) is 2.28. The SMILES string of the molecule is CCNC(=NCCCCN(C)c1ccccc1)N1CCC(N2CCOCC2)C1. The number of guanidine groups is 1. The fraction of sp³-hybridized carbons (Fsp3) is 0.682. The molecule has 2 aliphatic heterocycles. The van der Waals surface area contributed by atoms with Gasteiger partial charge in [0.25, 0.3) is 0 Å². The smallest absolute Gasteiger partial charge is 0.193 e. The van der Waals surface area contributed by atoms with Crippen LogP contribution in [0, 0.1) is 0 Å². The molecule has 0 spiro atoms. The molecule has 1 atom stereocenters. The van der Waals surface area contributed by atoms with E-state index in [4.69, 9.17) is 9.73 Å². The Kier molecular flexibility index (Phi) is 8.42. The van der Waals surface area contributed by atoms with Crippen LogP contribution in [0.3, 0.4) is 0 Å². The third-order valence-corrected chi connectivity index (χ3v) is 5.72. The molecule has 1 aromatic carbocycles. The summed E-state index contributed by atoms with van der Waals surface area (Å²) in [7, 11) is 2.17. The van der Waals surface area contributed by atoms with Gasteiger partial charge in [0.05, 0.1) is 13.2 Å². The van der Waals surface area contributed by atoms with Gasteiger partial charge in [-0.1, -0.05) is 18.2 Å². The molecule has 0 bridgehead atoms. The first-order chi connectivity index (χ1) is 13.8. The Bertz CT molecular complexity index is 588. The van der Waals surface area contributed by atoms with Crippen LogP contribution < -0.4 is 10.2 Å². The first-order valence-corrected chi connectivity index (χ1v) is 10.9. The minimum Gasteiger partial charge on any atom is -0.379 e. The van der Waals surface area contributed by atoms with Gasteiger partial charge in [0.1, 0.15) is 0 Å². The molecular formula is C22H37N5O. The monoisotopic (exact) mass is 387 g/mol. The van der Waals surface area contributed by atoms with E-state index in [1.54, 1.807) is 0 Å². The van der Waals surface area contributed by atoms with Gasteiger partial charge in [0, 0.05) is 64.6 Å². The van der Waals surface area contributed by atoms with Gasteiger partial charge >= 0.3 is 0 Å². The van der Waals surface area contributed by atoms with Crippen LogP contribution >= 0.6 is 0 Å². The zero-order chi connectivity index (χ0) is 19.6. The van der Waals surface area contributed by atoms with E-state index >= 15 is 0 Å². The van der Waals surface area contributed by atoms with Gasteiger partial charge in [-0.2, -0.15) is 0 Å². The van der Waals surface area contributed by atoms with Crippen molar-refractivity contribution in [2.45, 2.75) is 32.2 Å². The summed E-state index contributed by atoms with van der Waals surface area (Å²) in [5, 5.41) is 3.50. The second-order valence-corrected chi connectivity index (χ2v) is 7.74. The van der Waals surface area contributed by atoms with Crippen LogP contribution in [0.5, 0.6) is 0 Å². The zero-order valence-electron chi connectivity index (χ0n) is 17.6. The minimum atomic E-state index is 0.646. The van der Waals surface area contributed by atoms with Crippen LogP contribution in [0.2, 0.25) is 0 Å². The molecule has 0 radical (unpaired) electrons. The number of morpholine rings is 1. The van der Waals surface area contributed by atoms with E-state index in [2.05, 4.69) is 64.3 Å². The highest BCUT2D eigenvalue weighted by atomic mass is 16.5. The number of likely N-dealkylation sites (tertiary alicyclic amines) is 1. The maximum atomic E-state index is 5.50. The number of ether oxygens (including phenoxy) is 1. The van der Waals surface area contributed by atoms with Crippen molar-refractivity contribution in [1.29, 1.82) is 0 Å². The van der Waals surface area contributed by atoms with Crippen molar-refractivity contribution in [2.75, 3.05) is 71.0 Å². The number of nitrogens with zero attached hydrogens (tertiary/aromatic N) is 4. The Hall–Kier alpha value is -1.79. The van der Waals surface area contributed by atoms with Crippen LogP contribution in [-0.2, 0) is 4.74 Å². The molecule has 1 N–H and O–H groups in total. The Morgan fingerprint density at radius 2 is 1.96 bits per heavy atom. The zero-order valence-corrected chi connectivity index (χ0v) is 17.6. The minimum absolute atomic E-state index is 0.646. The summed E-state index contributed by atoms with van der Waals surface area (Å²) in [5.41, 5.74) is 1.28. The maximum Gasteiger partial charge on any atom is 0.193 e. The first-order valence-electron chi connectivity index (χ1n) is 10.9. The van der Waals surface area contributed by atoms with E-state index in [9.17, 15) is 0 Å². The summed E-state index contributed by atoms with van der Waals surface area (Å²) >= 11 is 0. The molecule has 2 heterocycles. The Balaban J connectivity index is 1.41. The third-order valence-electron chi connectivity index (χ3n) is 5.72. The van der Waals surface area contributed by atoms with E-state index in [0.717, 1.165) is 77.8 Å². The number of rotatable bonds is 8. The lowest BCUT2D eigenvalue weighted by Crippen LogP contribution is -2.46. The second-order valence-electron chi connectivity index (χ2n) is 7.74. The van der Waals surface area contributed by atoms with E-state index in [1.807, 2.05) is 0 Å². The molecular weight excluding hydrogens is 350 g/mol. The van der Waals surface area contributed by atoms with Crippen LogP contribution in [0.4, 0.5) is 5.69 Å². The molecule has 28 heavy (non-hydrogen) atoms. The highest BCUT2D eigenvalue weighted by molar-refractivity contribution is 5.80. The van der Waals surface area contributed by atoms with E-state index in [-0.39, 0.29) is 0 Å². The molecule has 156 valence electrons. The van der Waals surface area contributed by atoms with Gasteiger partial charge in [0.2, 0.25) is 0 Å². The molecule has 0 aromatic heterocycles. The van der Waals surface area contributed by atoms with E-state index < -0.39 is 0 Å². The summed E-state index contributed by atoms with van der Waals surface area (Å²) in [6, 6.07) is 11.2. The molecule has 1 aromatic rings. The second kappa shape index (κ2) is 11.3. The molecule has 0 saturated carbocycles. The Morgan fingerprint density at radius 1 is 1.18 bits per heavy atom. The van der Waals surface area contributed by atoms with Gasteiger partial charge in [-0.3, -0.25) is 9.89 Å². The third kappa shape index (κ3) is 6.11. The highest BCUT2D eigenvalue weighted by Crippen LogP contribution is 2.17. The number of unbranched alkanes of at least 4 members (excludes halogenated alkanes) is 1. The van der Waals surface area contributed by atoms with Crippen molar-refractivity contribution in [3.8, 4) is 0 Å². The molecule has 6 nitrogen and oxygen atoms in total. The summed E-state index contributed by atoms with van der Waals surface area (Å²) in [6.45, 7) is 11.1. The first kappa shape index (κ1) is 20.9. The molecule has 6 heteroatoms. The fourth-order valence-electron chi connectivity index (χ4n) is 4.06. The lowest BCUT2D eigenvalue weighted by atomic mass is 10.2. The normalized spacial score (nSPS) is 21.1. The van der Waals surface area contributed by atoms with Gasteiger partial charge in [-0.25, -0.2) is 0 Å². The number of hydrogen-bond donors (Lipinski definition) is 1. The van der Waals surface area contributed by atoms with Crippen molar-refractivity contribution in [3.05, 3.63) is 30.3 Å². The number of para-hydroxylation sites is 1. The number of benzene rings is 1. The average molecular weight is 388 g/mol. The predicted molar refractivity (Wildman–Crippen MR) is 117 cm³/mol. The van der Waals surface area contributed by atoms with Crippen molar-refractivity contribution in [3.63, 3.8) is 0 Å². The number of nitrogens with one attached hydrogen (secondary N) is 1.